The average molecular weight is 350 g/mol. The van der Waals surface area contributed by atoms with Crippen molar-refractivity contribution < 1.29 is 8.42 Å². The summed E-state index contributed by atoms with van der Waals surface area (Å²) < 4.78 is 24.5. The molecule has 3 atom stereocenters. The van der Waals surface area contributed by atoms with Crippen molar-refractivity contribution in [2.24, 2.45) is 5.14 Å². The van der Waals surface area contributed by atoms with Gasteiger partial charge in [-0.1, -0.05) is 30.3 Å². The molecule has 0 radical (unpaired) electrons. The maximum absolute atomic E-state index is 11.5. The lowest BCUT2D eigenvalue weighted by Crippen LogP contribution is -2.63. The van der Waals surface area contributed by atoms with E-state index in [1.807, 2.05) is 0 Å². The quantitative estimate of drug-likeness (QED) is 0.825. The highest BCUT2D eigenvalue weighted by molar-refractivity contribution is 7.86. The van der Waals surface area contributed by atoms with Crippen molar-refractivity contribution in [2.75, 3.05) is 19.6 Å². The molecule has 4 rings (SSSR count). The van der Waals surface area contributed by atoms with Crippen molar-refractivity contribution >= 4 is 10.2 Å². The van der Waals surface area contributed by atoms with Gasteiger partial charge in [0.1, 0.15) is 0 Å². The van der Waals surface area contributed by atoms with Crippen LogP contribution < -0.4 is 10.5 Å². The van der Waals surface area contributed by atoms with Crippen molar-refractivity contribution in [2.45, 2.75) is 49.9 Å². The van der Waals surface area contributed by atoms with Crippen LogP contribution in [-0.4, -0.2) is 55.5 Å². The number of likely N-dealkylation sites (tertiary alicyclic amines) is 1. The van der Waals surface area contributed by atoms with Crippen LogP contribution in [0.15, 0.2) is 30.3 Å². The molecule has 1 saturated carbocycles. The lowest BCUT2D eigenvalue weighted by molar-refractivity contribution is 0.00925. The Hall–Kier alpha value is -0.990. The van der Waals surface area contributed by atoms with Crippen LogP contribution in [0.4, 0.5) is 0 Å². The van der Waals surface area contributed by atoms with Gasteiger partial charge in [0.15, 0.2) is 0 Å². The normalized spacial score (nSPS) is 32.5. The summed E-state index contributed by atoms with van der Waals surface area (Å²) in [6.45, 7) is 2.44. The molecule has 0 spiro atoms. The summed E-state index contributed by atoms with van der Waals surface area (Å²) in [6.07, 6.45) is 4.26. The Bertz CT molecular complexity index is 673. The third kappa shape index (κ3) is 3.36. The van der Waals surface area contributed by atoms with Crippen LogP contribution in [0.1, 0.15) is 37.2 Å². The molecule has 0 amide bonds. The van der Waals surface area contributed by atoms with Gasteiger partial charge in [0, 0.05) is 37.6 Å². The summed E-state index contributed by atoms with van der Waals surface area (Å²) in [5, 5.41) is 9.06. The summed E-state index contributed by atoms with van der Waals surface area (Å²) in [5.74, 6) is 0.661. The van der Waals surface area contributed by atoms with E-state index in [-0.39, 0.29) is 6.17 Å². The smallest absolute Gasteiger partial charge is 0.278 e. The van der Waals surface area contributed by atoms with Crippen molar-refractivity contribution in [1.82, 2.24) is 14.5 Å². The molecule has 2 aliphatic heterocycles. The minimum Gasteiger partial charge on any atom is -0.311 e. The molecule has 3 aliphatic rings. The predicted octanol–water partition coefficient (Wildman–Crippen LogP) is 0.832. The highest BCUT2D eigenvalue weighted by atomic mass is 32.2. The van der Waals surface area contributed by atoms with E-state index in [0.717, 1.165) is 32.4 Å². The molecule has 3 N–H and O–H groups in total. The lowest BCUT2D eigenvalue weighted by atomic mass is 10.0. The van der Waals surface area contributed by atoms with Crippen LogP contribution in [0.3, 0.4) is 0 Å². The molecule has 3 fully saturated rings. The molecule has 6 nitrogen and oxygen atoms in total. The van der Waals surface area contributed by atoms with E-state index in [9.17, 15) is 8.42 Å². The second kappa shape index (κ2) is 6.38. The number of rotatable bonds is 5. The molecule has 0 bridgehead atoms. The molecule has 1 aliphatic carbocycles. The first-order chi connectivity index (χ1) is 11.5. The number of hydrogen-bond acceptors (Lipinski definition) is 4. The van der Waals surface area contributed by atoms with Crippen LogP contribution in [0.25, 0.3) is 0 Å². The zero-order valence-corrected chi connectivity index (χ0v) is 14.7. The van der Waals surface area contributed by atoms with Gasteiger partial charge < -0.3 is 5.32 Å². The van der Waals surface area contributed by atoms with E-state index in [1.165, 1.54) is 16.3 Å². The first-order valence-corrected chi connectivity index (χ1v) is 10.4. The van der Waals surface area contributed by atoms with Crippen molar-refractivity contribution in [3.05, 3.63) is 35.9 Å². The SMILES string of the molecule is NS(=O)(=O)N1CCC1N1CCC(N[C@@H]2C[C@H]2c2ccccc2)CC1. The molecule has 1 aromatic rings. The number of nitrogens with two attached hydrogens (primary N) is 1. The number of nitrogens with zero attached hydrogens (tertiary/aromatic N) is 2. The number of nitrogens with one attached hydrogen (secondary N) is 1. The van der Waals surface area contributed by atoms with Crippen LogP contribution in [0.2, 0.25) is 0 Å². The molecular weight excluding hydrogens is 324 g/mol. The van der Waals surface area contributed by atoms with Gasteiger partial charge in [-0.25, -0.2) is 5.14 Å². The maximum atomic E-state index is 11.5. The topological polar surface area (TPSA) is 78.7 Å². The highest BCUT2D eigenvalue weighted by Crippen LogP contribution is 2.41. The minimum absolute atomic E-state index is 0.0149. The second-order valence-corrected chi connectivity index (χ2v) is 8.76. The molecular formula is C17H26N4O2S. The zero-order chi connectivity index (χ0) is 16.7. The van der Waals surface area contributed by atoms with E-state index in [2.05, 4.69) is 40.5 Å². The molecule has 1 aromatic carbocycles. The summed E-state index contributed by atoms with van der Waals surface area (Å²) in [6, 6.07) is 11.9. The van der Waals surface area contributed by atoms with Gasteiger partial charge >= 0.3 is 0 Å². The molecule has 0 aromatic heterocycles. The van der Waals surface area contributed by atoms with Gasteiger partial charge in [0.25, 0.3) is 10.2 Å². The van der Waals surface area contributed by atoms with E-state index in [4.69, 9.17) is 5.14 Å². The van der Waals surface area contributed by atoms with Crippen LogP contribution in [-0.2, 0) is 10.2 Å². The molecule has 2 heterocycles. The Labute approximate surface area is 144 Å². The fraction of sp³-hybridized carbons (Fsp3) is 0.647. The van der Waals surface area contributed by atoms with Crippen LogP contribution >= 0.6 is 0 Å². The molecule has 2 saturated heterocycles. The van der Waals surface area contributed by atoms with Gasteiger partial charge in [-0.15, -0.1) is 0 Å². The van der Waals surface area contributed by atoms with Gasteiger partial charge in [0.05, 0.1) is 6.17 Å². The maximum Gasteiger partial charge on any atom is 0.278 e. The fourth-order valence-electron chi connectivity index (χ4n) is 4.13. The average Bonchev–Trinajstić information content (AvgIpc) is 3.26. The Morgan fingerprint density at radius 1 is 1.04 bits per heavy atom. The summed E-state index contributed by atoms with van der Waals surface area (Å²) in [4.78, 5) is 2.27. The molecule has 1 unspecified atom stereocenters. The van der Waals surface area contributed by atoms with E-state index >= 15 is 0 Å². The Morgan fingerprint density at radius 2 is 1.75 bits per heavy atom. The first kappa shape index (κ1) is 16.5. The third-order valence-corrected chi connectivity index (χ3v) is 6.77. The van der Waals surface area contributed by atoms with E-state index < -0.39 is 10.2 Å². The van der Waals surface area contributed by atoms with E-state index in [1.54, 1.807) is 0 Å². The van der Waals surface area contributed by atoms with E-state index in [0.29, 0.717) is 24.5 Å². The van der Waals surface area contributed by atoms with Crippen molar-refractivity contribution in [1.29, 1.82) is 0 Å². The predicted molar refractivity (Wildman–Crippen MR) is 93.5 cm³/mol. The van der Waals surface area contributed by atoms with Crippen molar-refractivity contribution in [3.8, 4) is 0 Å². The standard InChI is InChI=1S/C17H26N4O2S/c18-24(22,23)21-11-8-17(21)20-9-6-14(7-10-20)19-16-12-15(16)13-4-2-1-3-5-13/h1-5,14-17,19H,6-12H2,(H2,18,22,23)/t15-,16+,17?/m0/s1. The number of piperidine rings is 1. The fourth-order valence-corrected chi connectivity index (χ4v) is 5.06. The summed E-state index contributed by atoms with van der Waals surface area (Å²) in [7, 11) is -3.55. The minimum atomic E-state index is -3.55. The first-order valence-electron chi connectivity index (χ1n) is 8.87. The highest BCUT2D eigenvalue weighted by Gasteiger charge is 2.42. The number of benzene rings is 1. The summed E-state index contributed by atoms with van der Waals surface area (Å²) in [5.41, 5.74) is 1.44. The van der Waals surface area contributed by atoms with Crippen LogP contribution in [0.5, 0.6) is 0 Å². The number of hydrogen-bond donors (Lipinski definition) is 2. The van der Waals surface area contributed by atoms with Gasteiger partial charge in [0.2, 0.25) is 0 Å². The van der Waals surface area contributed by atoms with Gasteiger partial charge in [-0.05, 0) is 31.2 Å². The monoisotopic (exact) mass is 350 g/mol. The Morgan fingerprint density at radius 3 is 2.33 bits per heavy atom. The van der Waals surface area contributed by atoms with Gasteiger partial charge in [-0.2, -0.15) is 12.7 Å². The second-order valence-electron chi connectivity index (χ2n) is 7.26. The molecule has 7 heteroatoms. The largest absolute Gasteiger partial charge is 0.311 e. The third-order valence-electron chi connectivity index (χ3n) is 5.69. The Kier molecular flexibility index (Phi) is 4.38. The molecule has 24 heavy (non-hydrogen) atoms. The zero-order valence-electron chi connectivity index (χ0n) is 13.8. The van der Waals surface area contributed by atoms with Crippen LogP contribution in [0, 0.1) is 0 Å². The molecule has 132 valence electrons. The van der Waals surface area contributed by atoms with Gasteiger partial charge in [-0.3, -0.25) is 4.90 Å². The van der Waals surface area contributed by atoms with Crippen molar-refractivity contribution in [3.63, 3.8) is 0 Å². The Balaban J connectivity index is 1.24. The summed E-state index contributed by atoms with van der Waals surface area (Å²) >= 11 is 0. The lowest BCUT2D eigenvalue weighted by Gasteiger charge is -2.47.